The number of hydrogen-bond donors (Lipinski definition) is 0. The summed E-state index contributed by atoms with van der Waals surface area (Å²) in [5, 5.41) is 4.54. The number of halogens is 3. The molecular formula is C32H35F3N4O3. The molecule has 2 saturated heterocycles. The number of anilines is 1. The Labute approximate surface area is 243 Å². The van der Waals surface area contributed by atoms with E-state index in [1.165, 1.54) is 12.1 Å². The second-order valence-electron chi connectivity index (χ2n) is 11.5. The van der Waals surface area contributed by atoms with Crippen molar-refractivity contribution in [1.82, 2.24) is 14.7 Å². The fourth-order valence-corrected chi connectivity index (χ4v) is 6.63. The number of ether oxygens (including phenoxy) is 1. The first kappa shape index (κ1) is 28.3. The lowest BCUT2D eigenvalue weighted by atomic mass is 9.97. The molecule has 1 aliphatic carbocycles. The summed E-state index contributed by atoms with van der Waals surface area (Å²) in [5.41, 5.74) is 1.49. The third kappa shape index (κ3) is 5.63. The number of piperidine rings is 1. The topological polar surface area (TPSA) is 67.7 Å². The van der Waals surface area contributed by atoms with Crippen molar-refractivity contribution in [3.63, 3.8) is 0 Å². The highest BCUT2D eigenvalue weighted by Crippen LogP contribution is 2.49. The molecular weight excluding hydrogens is 545 g/mol. The van der Waals surface area contributed by atoms with Crippen molar-refractivity contribution in [3.8, 4) is 0 Å². The van der Waals surface area contributed by atoms with Crippen LogP contribution < -0.4 is 4.90 Å². The van der Waals surface area contributed by atoms with Gasteiger partial charge in [0.05, 0.1) is 41.6 Å². The van der Waals surface area contributed by atoms with E-state index in [0.717, 1.165) is 50.5 Å². The summed E-state index contributed by atoms with van der Waals surface area (Å²) in [5.74, 6) is -0.223. The van der Waals surface area contributed by atoms with E-state index in [1.54, 1.807) is 42.4 Å². The molecule has 42 heavy (non-hydrogen) atoms. The first-order valence-corrected chi connectivity index (χ1v) is 14.8. The molecule has 2 unspecified atom stereocenters. The van der Waals surface area contributed by atoms with Gasteiger partial charge >= 0.3 is 12.1 Å². The molecule has 7 nitrogen and oxygen atoms in total. The minimum absolute atomic E-state index is 0.0504. The summed E-state index contributed by atoms with van der Waals surface area (Å²) in [6, 6.07) is 12.5. The van der Waals surface area contributed by atoms with Gasteiger partial charge in [-0.1, -0.05) is 18.2 Å². The molecule has 3 heterocycles. The van der Waals surface area contributed by atoms with Crippen molar-refractivity contribution in [3.05, 3.63) is 83.2 Å². The van der Waals surface area contributed by atoms with Crippen LogP contribution in [0.5, 0.6) is 0 Å². The molecule has 0 spiro atoms. The molecule has 2 aliphatic heterocycles. The number of carbonyl (C=O) groups is 2. The number of alkyl halides is 3. The second-order valence-corrected chi connectivity index (χ2v) is 11.5. The summed E-state index contributed by atoms with van der Waals surface area (Å²) in [6.07, 6.45) is 3.75. The molecule has 1 amide bonds. The van der Waals surface area contributed by atoms with Gasteiger partial charge in [0, 0.05) is 31.0 Å². The zero-order valence-corrected chi connectivity index (χ0v) is 23.6. The summed E-state index contributed by atoms with van der Waals surface area (Å²) in [7, 11) is 0. The Kier molecular flexibility index (Phi) is 7.72. The average molecular weight is 581 g/mol. The Hall–Kier alpha value is -3.82. The number of carbonyl (C=O) groups excluding carboxylic acids is 2. The maximum Gasteiger partial charge on any atom is 0.416 e. The smallest absolute Gasteiger partial charge is 0.416 e. The number of likely N-dealkylation sites (tertiary alicyclic amines) is 1. The first-order chi connectivity index (χ1) is 20.2. The van der Waals surface area contributed by atoms with Gasteiger partial charge in [0.15, 0.2) is 0 Å². The average Bonchev–Trinajstić information content (AvgIpc) is 3.55. The molecule has 0 N–H and O–H groups in total. The van der Waals surface area contributed by atoms with Gasteiger partial charge in [-0.05, 0) is 87.3 Å². The molecule has 10 heteroatoms. The van der Waals surface area contributed by atoms with E-state index >= 15 is 0 Å². The SMILES string of the molecule is CCOC(=O)c1ccc(N2CCC(n3cc(C(=O)N4C(c5ccccc5C(F)(F)F)CCC4C4CC4)cn3)CC2)cc1. The first-order valence-electron chi connectivity index (χ1n) is 14.8. The number of aromatic nitrogens is 2. The van der Waals surface area contributed by atoms with Crippen LogP contribution in [0.3, 0.4) is 0 Å². The predicted octanol–water partition coefficient (Wildman–Crippen LogP) is 6.68. The summed E-state index contributed by atoms with van der Waals surface area (Å²) < 4.78 is 48.6. The van der Waals surface area contributed by atoms with Crippen LogP contribution in [0, 0.1) is 5.92 Å². The number of benzene rings is 2. The monoisotopic (exact) mass is 580 g/mol. The molecule has 3 fully saturated rings. The minimum atomic E-state index is -4.48. The van der Waals surface area contributed by atoms with Crippen molar-refractivity contribution in [2.45, 2.75) is 69.8 Å². The van der Waals surface area contributed by atoms with Crippen LogP contribution in [0.1, 0.15) is 89.4 Å². The summed E-state index contributed by atoms with van der Waals surface area (Å²) in [4.78, 5) is 29.9. The third-order valence-corrected chi connectivity index (χ3v) is 8.89. The molecule has 2 atom stereocenters. The Morgan fingerprint density at radius 1 is 0.929 bits per heavy atom. The Morgan fingerprint density at radius 3 is 2.31 bits per heavy atom. The van der Waals surface area contributed by atoms with Crippen molar-refractivity contribution < 1.29 is 27.5 Å². The van der Waals surface area contributed by atoms with Crippen LogP contribution in [-0.2, 0) is 10.9 Å². The molecule has 0 radical (unpaired) electrons. The molecule has 1 aromatic heterocycles. The lowest BCUT2D eigenvalue weighted by Crippen LogP contribution is -2.39. The van der Waals surface area contributed by atoms with Crippen molar-refractivity contribution in [1.29, 1.82) is 0 Å². The number of hydrogen-bond acceptors (Lipinski definition) is 5. The van der Waals surface area contributed by atoms with Crippen LogP contribution >= 0.6 is 0 Å². The van der Waals surface area contributed by atoms with E-state index in [-0.39, 0.29) is 29.5 Å². The van der Waals surface area contributed by atoms with Gasteiger partial charge in [0.2, 0.25) is 0 Å². The fourth-order valence-electron chi connectivity index (χ4n) is 6.63. The van der Waals surface area contributed by atoms with E-state index in [9.17, 15) is 22.8 Å². The van der Waals surface area contributed by atoms with Gasteiger partial charge in [-0.2, -0.15) is 18.3 Å². The van der Waals surface area contributed by atoms with Crippen LogP contribution in [0.15, 0.2) is 60.9 Å². The molecule has 2 aromatic carbocycles. The van der Waals surface area contributed by atoms with Gasteiger partial charge in [0.1, 0.15) is 0 Å². The van der Waals surface area contributed by atoms with E-state index in [0.29, 0.717) is 36.5 Å². The van der Waals surface area contributed by atoms with Crippen LogP contribution in [0.2, 0.25) is 0 Å². The predicted molar refractivity (Wildman–Crippen MR) is 151 cm³/mol. The van der Waals surface area contributed by atoms with Crippen molar-refractivity contribution in [2.24, 2.45) is 5.92 Å². The zero-order valence-electron chi connectivity index (χ0n) is 23.6. The molecule has 0 bridgehead atoms. The van der Waals surface area contributed by atoms with Crippen LogP contribution in [-0.4, -0.2) is 52.3 Å². The normalized spacial score (nSPS) is 21.5. The van der Waals surface area contributed by atoms with Crippen molar-refractivity contribution in [2.75, 3.05) is 24.6 Å². The lowest BCUT2D eigenvalue weighted by Gasteiger charge is -2.34. The van der Waals surface area contributed by atoms with E-state index < -0.39 is 17.8 Å². The fraction of sp³-hybridized carbons (Fsp3) is 0.469. The lowest BCUT2D eigenvalue weighted by molar-refractivity contribution is -0.138. The van der Waals surface area contributed by atoms with E-state index in [2.05, 4.69) is 10.00 Å². The highest BCUT2D eigenvalue weighted by molar-refractivity contribution is 5.94. The number of esters is 1. The minimum Gasteiger partial charge on any atom is -0.462 e. The van der Waals surface area contributed by atoms with Gasteiger partial charge in [-0.15, -0.1) is 0 Å². The standard InChI is InChI=1S/C32H35F3N4O3/c1-2-42-31(41)22-9-11-24(12-10-22)37-17-15-25(16-18-37)38-20-23(19-36-38)30(40)39-28(21-7-8-21)13-14-29(39)26-5-3-4-6-27(26)32(33,34)35/h3-6,9-12,19-21,25,28-29H,2,7-8,13-18H2,1H3. The maximum absolute atomic E-state index is 13.9. The molecule has 1 saturated carbocycles. The van der Waals surface area contributed by atoms with Crippen molar-refractivity contribution >= 4 is 17.6 Å². The zero-order chi connectivity index (χ0) is 29.4. The van der Waals surface area contributed by atoms with Gasteiger partial charge < -0.3 is 14.5 Å². The van der Waals surface area contributed by atoms with Gasteiger partial charge in [-0.3, -0.25) is 9.48 Å². The second kappa shape index (κ2) is 11.5. The Bertz CT molecular complexity index is 1430. The summed E-state index contributed by atoms with van der Waals surface area (Å²) in [6.45, 7) is 3.69. The molecule has 3 aliphatic rings. The molecule has 222 valence electrons. The summed E-state index contributed by atoms with van der Waals surface area (Å²) >= 11 is 0. The van der Waals surface area contributed by atoms with Gasteiger partial charge in [-0.25, -0.2) is 4.79 Å². The van der Waals surface area contributed by atoms with Crippen LogP contribution in [0.25, 0.3) is 0 Å². The quantitative estimate of drug-likeness (QED) is 0.292. The number of rotatable bonds is 7. The Balaban J connectivity index is 1.15. The largest absolute Gasteiger partial charge is 0.462 e. The van der Waals surface area contributed by atoms with E-state index in [1.807, 2.05) is 16.8 Å². The highest BCUT2D eigenvalue weighted by Gasteiger charge is 2.47. The van der Waals surface area contributed by atoms with Gasteiger partial charge in [0.25, 0.3) is 5.91 Å². The number of amides is 1. The number of nitrogens with zero attached hydrogens (tertiary/aromatic N) is 4. The van der Waals surface area contributed by atoms with Crippen LogP contribution in [0.4, 0.5) is 18.9 Å². The highest BCUT2D eigenvalue weighted by atomic mass is 19.4. The molecule has 3 aromatic rings. The maximum atomic E-state index is 13.9. The Morgan fingerprint density at radius 2 is 1.64 bits per heavy atom. The third-order valence-electron chi connectivity index (χ3n) is 8.89. The van der Waals surface area contributed by atoms with E-state index in [4.69, 9.17) is 4.74 Å². The molecule has 6 rings (SSSR count).